The first-order valence-corrected chi connectivity index (χ1v) is 7.00. The van der Waals surface area contributed by atoms with Gasteiger partial charge in [-0.1, -0.05) is 0 Å². The number of sulfone groups is 1. The molecule has 0 saturated carbocycles. The van der Waals surface area contributed by atoms with Crippen molar-refractivity contribution in [1.82, 2.24) is 20.2 Å². The minimum Gasteiger partial charge on any atom is -0.461 e. The van der Waals surface area contributed by atoms with Crippen LogP contribution in [0.25, 0.3) is 11.6 Å². The van der Waals surface area contributed by atoms with Crippen molar-refractivity contribution < 1.29 is 12.8 Å². The first-order chi connectivity index (χ1) is 8.16. The van der Waals surface area contributed by atoms with Gasteiger partial charge in [0.15, 0.2) is 15.6 Å². The lowest BCUT2D eigenvalue weighted by Gasteiger charge is -2.08. The Bertz CT molecular complexity index is 616. The Kier molecular flexibility index (Phi) is 2.25. The van der Waals surface area contributed by atoms with E-state index in [4.69, 9.17) is 4.42 Å². The van der Waals surface area contributed by atoms with Crippen LogP contribution in [0.1, 0.15) is 12.5 Å². The highest BCUT2D eigenvalue weighted by molar-refractivity contribution is 7.91. The van der Waals surface area contributed by atoms with E-state index in [1.807, 2.05) is 0 Å². The summed E-state index contributed by atoms with van der Waals surface area (Å²) < 4.78 is 29.6. The second-order valence-corrected chi connectivity index (χ2v) is 6.21. The van der Waals surface area contributed by atoms with Gasteiger partial charge in [-0.3, -0.25) is 0 Å². The summed E-state index contributed by atoms with van der Waals surface area (Å²) >= 11 is 0. The van der Waals surface area contributed by atoms with Gasteiger partial charge in [0, 0.05) is 0 Å². The third-order valence-electron chi connectivity index (χ3n) is 2.79. The van der Waals surface area contributed by atoms with E-state index in [0.29, 0.717) is 18.0 Å². The van der Waals surface area contributed by atoms with Crippen LogP contribution in [-0.4, -0.2) is 40.1 Å². The lowest BCUT2D eigenvalue weighted by atomic mass is 10.2. The topological polar surface area (TPSA) is 90.9 Å². The Labute approximate surface area is 97.3 Å². The molecule has 7 nitrogen and oxygen atoms in total. The molecule has 1 aliphatic rings. The zero-order chi connectivity index (χ0) is 11.9. The van der Waals surface area contributed by atoms with Crippen molar-refractivity contribution in [1.29, 1.82) is 0 Å². The molecule has 0 aromatic carbocycles. The van der Waals surface area contributed by atoms with Gasteiger partial charge in [-0.05, 0) is 29.0 Å². The van der Waals surface area contributed by atoms with Crippen molar-refractivity contribution in [2.45, 2.75) is 12.5 Å². The van der Waals surface area contributed by atoms with Gasteiger partial charge in [-0.15, -0.1) is 5.10 Å². The van der Waals surface area contributed by atoms with Gasteiger partial charge in [0.2, 0.25) is 5.82 Å². The molecule has 0 N–H and O–H groups in total. The van der Waals surface area contributed by atoms with Crippen molar-refractivity contribution in [3.8, 4) is 11.6 Å². The predicted molar refractivity (Wildman–Crippen MR) is 57.8 cm³/mol. The third-order valence-corrected chi connectivity index (χ3v) is 4.54. The molecule has 1 atom stereocenters. The Morgan fingerprint density at radius 3 is 3.00 bits per heavy atom. The summed E-state index contributed by atoms with van der Waals surface area (Å²) in [4.78, 5) is 0. The Balaban J connectivity index is 1.98. The van der Waals surface area contributed by atoms with Gasteiger partial charge in [-0.2, -0.15) is 0 Å². The van der Waals surface area contributed by atoms with Crippen LogP contribution < -0.4 is 0 Å². The van der Waals surface area contributed by atoms with Gasteiger partial charge in [0.25, 0.3) is 0 Å². The van der Waals surface area contributed by atoms with Crippen LogP contribution in [0.5, 0.6) is 0 Å². The Morgan fingerprint density at radius 2 is 2.35 bits per heavy atom. The molecule has 0 amide bonds. The van der Waals surface area contributed by atoms with Crippen LogP contribution in [0, 0.1) is 0 Å². The quantitative estimate of drug-likeness (QED) is 0.765. The molecule has 8 heteroatoms. The molecule has 0 aliphatic carbocycles. The van der Waals surface area contributed by atoms with Crippen LogP contribution in [0.2, 0.25) is 0 Å². The van der Waals surface area contributed by atoms with Gasteiger partial charge in [-0.25, -0.2) is 13.1 Å². The summed E-state index contributed by atoms with van der Waals surface area (Å²) in [5.41, 5.74) is 0. The number of tetrazole rings is 1. The highest BCUT2D eigenvalue weighted by Gasteiger charge is 2.32. The predicted octanol–water partition coefficient (Wildman–Crippen LogP) is 0.293. The molecule has 0 radical (unpaired) electrons. The molecule has 3 heterocycles. The monoisotopic (exact) mass is 254 g/mol. The van der Waals surface area contributed by atoms with Crippen molar-refractivity contribution in [3.63, 3.8) is 0 Å². The maximum Gasteiger partial charge on any atom is 0.218 e. The SMILES string of the molecule is O=S1(=O)CC[C@H](n2nnnc2-c2ccco2)C1. The number of nitrogens with zero attached hydrogens (tertiary/aromatic N) is 4. The molecule has 1 saturated heterocycles. The fourth-order valence-corrected chi connectivity index (χ4v) is 3.67. The summed E-state index contributed by atoms with van der Waals surface area (Å²) in [6.45, 7) is 0. The lowest BCUT2D eigenvalue weighted by Crippen LogP contribution is -2.13. The molecule has 1 fully saturated rings. The van der Waals surface area contributed by atoms with Crippen LogP contribution in [0.4, 0.5) is 0 Å². The molecule has 90 valence electrons. The van der Waals surface area contributed by atoms with Gasteiger partial charge < -0.3 is 4.42 Å². The highest BCUT2D eigenvalue weighted by atomic mass is 32.2. The number of rotatable bonds is 2. The Hall–Kier alpha value is -1.70. The fourth-order valence-electron chi connectivity index (χ4n) is 1.98. The second-order valence-electron chi connectivity index (χ2n) is 3.98. The maximum absolute atomic E-state index is 11.4. The molecule has 2 aromatic rings. The van der Waals surface area contributed by atoms with E-state index in [1.54, 1.807) is 12.1 Å². The molecule has 0 bridgehead atoms. The highest BCUT2D eigenvalue weighted by Crippen LogP contribution is 2.27. The van der Waals surface area contributed by atoms with Crippen LogP contribution in [0.15, 0.2) is 22.8 Å². The van der Waals surface area contributed by atoms with Crippen LogP contribution in [-0.2, 0) is 9.84 Å². The van der Waals surface area contributed by atoms with Crippen molar-refractivity contribution in [2.75, 3.05) is 11.5 Å². The fraction of sp³-hybridized carbons (Fsp3) is 0.444. The van der Waals surface area contributed by atoms with Crippen molar-refractivity contribution in [2.24, 2.45) is 0 Å². The first-order valence-electron chi connectivity index (χ1n) is 5.18. The molecule has 0 spiro atoms. The van der Waals surface area contributed by atoms with E-state index >= 15 is 0 Å². The van der Waals surface area contributed by atoms with Crippen LogP contribution >= 0.6 is 0 Å². The zero-order valence-corrected chi connectivity index (χ0v) is 9.67. The molecule has 3 rings (SSSR count). The molecular weight excluding hydrogens is 244 g/mol. The second kappa shape index (κ2) is 3.66. The Morgan fingerprint density at radius 1 is 1.47 bits per heavy atom. The standard InChI is InChI=1S/C9H10N4O3S/c14-17(15)5-3-7(6-17)13-9(10-11-12-13)8-2-1-4-16-8/h1-2,4,7H,3,5-6H2/t7-/m0/s1. The zero-order valence-electron chi connectivity index (χ0n) is 8.85. The molecule has 17 heavy (non-hydrogen) atoms. The summed E-state index contributed by atoms with van der Waals surface area (Å²) in [7, 11) is -2.95. The lowest BCUT2D eigenvalue weighted by molar-refractivity contribution is 0.479. The van der Waals surface area contributed by atoms with Gasteiger partial charge in [0.1, 0.15) is 0 Å². The molecule has 0 unspecified atom stereocenters. The average molecular weight is 254 g/mol. The minimum atomic E-state index is -2.95. The number of furan rings is 1. The first kappa shape index (κ1) is 10.5. The maximum atomic E-state index is 11.4. The molecular formula is C9H10N4O3S. The van der Waals surface area contributed by atoms with Crippen molar-refractivity contribution >= 4 is 9.84 Å². The van der Waals surface area contributed by atoms with Crippen LogP contribution in [0.3, 0.4) is 0 Å². The largest absolute Gasteiger partial charge is 0.461 e. The average Bonchev–Trinajstić information content (AvgIpc) is 2.93. The number of hydrogen-bond acceptors (Lipinski definition) is 6. The van der Waals surface area contributed by atoms with Gasteiger partial charge >= 0.3 is 0 Å². The summed E-state index contributed by atoms with van der Waals surface area (Å²) in [5.74, 6) is 1.29. The summed E-state index contributed by atoms with van der Waals surface area (Å²) in [6, 6.07) is 3.28. The van der Waals surface area contributed by atoms with E-state index in [-0.39, 0.29) is 17.5 Å². The minimum absolute atomic E-state index is 0.0890. The van der Waals surface area contributed by atoms with E-state index < -0.39 is 9.84 Å². The summed E-state index contributed by atoms with van der Waals surface area (Å²) in [6.07, 6.45) is 2.07. The summed E-state index contributed by atoms with van der Waals surface area (Å²) in [5, 5.41) is 11.3. The van der Waals surface area contributed by atoms with E-state index in [9.17, 15) is 8.42 Å². The van der Waals surface area contributed by atoms with Gasteiger partial charge in [0.05, 0.1) is 23.8 Å². The molecule has 1 aliphatic heterocycles. The van der Waals surface area contributed by atoms with E-state index in [2.05, 4.69) is 15.5 Å². The smallest absolute Gasteiger partial charge is 0.218 e. The number of hydrogen-bond donors (Lipinski definition) is 0. The van der Waals surface area contributed by atoms with Crippen molar-refractivity contribution in [3.05, 3.63) is 18.4 Å². The number of aromatic nitrogens is 4. The third kappa shape index (κ3) is 1.84. The van der Waals surface area contributed by atoms with E-state index in [0.717, 1.165) is 0 Å². The van der Waals surface area contributed by atoms with E-state index in [1.165, 1.54) is 10.9 Å². The molecule has 2 aromatic heterocycles. The normalized spacial score (nSPS) is 22.9.